The van der Waals surface area contributed by atoms with Crippen molar-refractivity contribution in [3.63, 3.8) is 0 Å². The molecule has 1 aliphatic rings. The highest BCUT2D eigenvalue weighted by molar-refractivity contribution is 7.99. The zero-order valence-corrected chi connectivity index (χ0v) is 13.1. The second-order valence-corrected chi connectivity index (χ2v) is 7.22. The first kappa shape index (κ1) is 14.4. The first-order valence-electron chi connectivity index (χ1n) is 6.95. The van der Waals surface area contributed by atoms with Crippen LogP contribution in [0.1, 0.15) is 50.6 Å². The molecule has 104 valence electrons. The Morgan fingerprint density at radius 1 is 1.32 bits per heavy atom. The summed E-state index contributed by atoms with van der Waals surface area (Å²) in [7, 11) is 0. The van der Waals surface area contributed by atoms with Crippen LogP contribution >= 0.6 is 11.8 Å². The summed E-state index contributed by atoms with van der Waals surface area (Å²) < 4.78 is 0. The van der Waals surface area contributed by atoms with Crippen molar-refractivity contribution >= 4 is 17.7 Å². The Labute approximate surface area is 120 Å². The monoisotopic (exact) mass is 277 g/mol. The Morgan fingerprint density at radius 2 is 1.95 bits per heavy atom. The van der Waals surface area contributed by atoms with E-state index in [0.29, 0.717) is 6.42 Å². The normalized spacial score (nSPS) is 19.8. The van der Waals surface area contributed by atoms with Gasteiger partial charge in [-0.05, 0) is 16.5 Å². The lowest BCUT2D eigenvalue weighted by Gasteiger charge is -2.25. The molecule has 2 rings (SSSR count). The van der Waals surface area contributed by atoms with E-state index in [0.717, 1.165) is 12.3 Å². The van der Waals surface area contributed by atoms with Gasteiger partial charge in [0.2, 0.25) is 5.91 Å². The van der Waals surface area contributed by atoms with Crippen molar-refractivity contribution in [1.29, 1.82) is 0 Å². The average Bonchev–Trinajstić information content (AvgIpc) is 2.86. The molecule has 1 amide bonds. The van der Waals surface area contributed by atoms with E-state index in [1.165, 1.54) is 11.1 Å². The van der Waals surface area contributed by atoms with Crippen molar-refractivity contribution in [3.8, 4) is 0 Å². The molecule has 1 aromatic rings. The quantitative estimate of drug-likeness (QED) is 0.815. The maximum atomic E-state index is 11.9. The van der Waals surface area contributed by atoms with Gasteiger partial charge in [-0.15, -0.1) is 11.8 Å². The minimum Gasteiger partial charge on any atom is -0.326 e. The van der Waals surface area contributed by atoms with Crippen LogP contribution in [0.5, 0.6) is 0 Å². The van der Waals surface area contributed by atoms with Crippen molar-refractivity contribution in [2.45, 2.75) is 44.9 Å². The lowest BCUT2D eigenvalue weighted by atomic mass is 9.86. The molecule has 1 aliphatic heterocycles. The number of amides is 1. The summed E-state index contributed by atoms with van der Waals surface area (Å²) in [6.45, 7) is 9.48. The van der Waals surface area contributed by atoms with Crippen molar-refractivity contribution < 1.29 is 4.79 Å². The highest BCUT2D eigenvalue weighted by Crippen LogP contribution is 2.38. The molecule has 0 bridgehead atoms. The Bertz CT molecular complexity index is 447. The number of benzene rings is 1. The van der Waals surface area contributed by atoms with Gasteiger partial charge in [0.05, 0.1) is 0 Å². The average molecular weight is 277 g/mol. The molecule has 0 unspecified atom stereocenters. The first-order chi connectivity index (χ1) is 8.93. The Morgan fingerprint density at radius 3 is 2.47 bits per heavy atom. The van der Waals surface area contributed by atoms with E-state index in [1.54, 1.807) is 0 Å². The van der Waals surface area contributed by atoms with Crippen LogP contribution in [0.4, 0.5) is 0 Å². The molecular weight excluding hydrogens is 254 g/mol. The molecular formula is C16H23NOS. The Hall–Kier alpha value is -0.960. The summed E-state index contributed by atoms with van der Waals surface area (Å²) in [6, 6.07) is 8.75. The molecule has 19 heavy (non-hydrogen) atoms. The highest BCUT2D eigenvalue weighted by atomic mass is 32.2. The van der Waals surface area contributed by atoms with Gasteiger partial charge in [0, 0.05) is 18.7 Å². The maximum absolute atomic E-state index is 11.9. The molecule has 1 saturated heterocycles. The van der Waals surface area contributed by atoms with E-state index in [1.807, 2.05) is 23.6 Å². The van der Waals surface area contributed by atoms with Crippen LogP contribution in [0, 0.1) is 0 Å². The van der Waals surface area contributed by atoms with Crippen LogP contribution in [-0.2, 0) is 10.2 Å². The van der Waals surface area contributed by atoms with Gasteiger partial charge in [-0.3, -0.25) is 4.79 Å². The largest absolute Gasteiger partial charge is 0.326 e. The number of hydrogen-bond acceptors (Lipinski definition) is 2. The number of hydrogen-bond donors (Lipinski definition) is 0. The van der Waals surface area contributed by atoms with Gasteiger partial charge < -0.3 is 4.90 Å². The van der Waals surface area contributed by atoms with E-state index in [9.17, 15) is 4.79 Å². The van der Waals surface area contributed by atoms with Crippen molar-refractivity contribution in [3.05, 3.63) is 35.4 Å². The van der Waals surface area contributed by atoms with Crippen molar-refractivity contribution in [2.24, 2.45) is 0 Å². The molecule has 0 aromatic heterocycles. The second kappa shape index (κ2) is 5.58. The summed E-state index contributed by atoms with van der Waals surface area (Å²) in [5, 5.41) is 0.210. The SMILES string of the molecule is CCC(=O)N1CCS[C@@H]1c1ccc(C(C)(C)C)cc1. The van der Waals surface area contributed by atoms with Gasteiger partial charge in [-0.2, -0.15) is 0 Å². The third-order valence-electron chi connectivity index (χ3n) is 3.58. The number of rotatable bonds is 2. The standard InChI is InChI=1S/C16H23NOS/c1-5-14(18)17-10-11-19-15(17)12-6-8-13(9-7-12)16(2,3)4/h6-9,15H,5,10-11H2,1-4H3/t15-/m1/s1. The Kier molecular flexibility index (Phi) is 4.24. The molecule has 0 radical (unpaired) electrons. The molecule has 0 saturated carbocycles. The minimum atomic E-state index is 0.181. The number of carbonyl (C=O) groups excluding carboxylic acids is 1. The zero-order valence-electron chi connectivity index (χ0n) is 12.3. The minimum absolute atomic E-state index is 0.181. The van der Waals surface area contributed by atoms with Crippen molar-refractivity contribution in [2.75, 3.05) is 12.3 Å². The summed E-state index contributed by atoms with van der Waals surface area (Å²) in [5.74, 6) is 1.30. The Balaban J connectivity index is 2.20. The lowest BCUT2D eigenvalue weighted by molar-refractivity contribution is -0.130. The van der Waals surface area contributed by atoms with E-state index in [4.69, 9.17) is 0 Å². The van der Waals surface area contributed by atoms with Crippen LogP contribution in [0.15, 0.2) is 24.3 Å². The summed E-state index contributed by atoms with van der Waals surface area (Å²) in [6.07, 6.45) is 0.594. The molecule has 1 atom stereocenters. The number of carbonyl (C=O) groups is 1. The third kappa shape index (κ3) is 3.14. The molecule has 0 N–H and O–H groups in total. The van der Waals surface area contributed by atoms with Gasteiger partial charge in [-0.25, -0.2) is 0 Å². The third-order valence-corrected chi connectivity index (χ3v) is 4.84. The van der Waals surface area contributed by atoms with Gasteiger partial charge in [-0.1, -0.05) is 52.0 Å². The van der Waals surface area contributed by atoms with E-state index < -0.39 is 0 Å². The molecule has 3 heteroatoms. The molecule has 0 aliphatic carbocycles. The van der Waals surface area contributed by atoms with Crippen LogP contribution in [0.25, 0.3) is 0 Å². The van der Waals surface area contributed by atoms with E-state index in [-0.39, 0.29) is 16.7 Å². The van der Waals surface area contributed by atoms with Crippen LogP contribution in [0.2, 0.25) is 0 Å². The fraction of sp³-hybridized carbons (Fsp3) is 0.562. The van der Waals surface area contributed by atoms with Gasteiger partial charge in [0.15, 0.2) is 0 Å². The van der Waals surface area contributed by atoms with Crippen LogP contribution in [0.3, 0.4) is 0 Å². The topological polar surface area (TPSA) is 20.3 Å². The van der Waals surface area contributed by atoms with Gasteiger partial charge >= 0.3 is 0 Å². The lowest BCUT2D eigenvalue weighted by Crippen LogP contribution is -2.29. The molecule has 1 heterocycles. The van der Waals surface area contributed by atoms with Crippen LogP contribution in [-0.4, -0.2) is 23.1 Å². The molecule has 2 nitrogen and oxygen atoms in total. The smallest absolute Gasteiger partial charge is 0.223 e. The first-order valence-corrected chi connectivity index (χ1v) is 8.00. The number of thioether (sulfide) groups is 1. The fourth-order valence-corrected chi connectivity index (χ4v) is 3.63. The summed E-state index contributed by atoms with van der Waals surface area (Å²) in [5.41, 5.74) is 2.77. The summed E-state index contributed by atoms with van der Waals surface area (Å²) >= 11 is 1.87. The summed E-state index contributed by atoms with van der Waals surface area (Å²) in [4.78, 5) is 13.9. The molecule has 0 spiro atoms. The second-order valence-electron chi connectivity index (χ2n) is 6.04. The predicted molar refractivity (Wildman–Crippen MR) is 82.3 cm³/mol. The maximum Gasteiger partial charge on any atom is 0.223 e. The zero-order chi connectivity index (χ0) is 14.0. The fourth-order valence-electron chi connectivity index (χ4n) is 2.35. The van der Waals surface area contributed by atoms with Crippen LogP contribution < -0.4 is 0 Å². The predicted octanol–water partition coefficient (Wildman–Crippen LogP) is 3.97. The molecule has 1 aromatic carbocycles. The number of nitrogens with zero attached hydrogens (tertiary/aromatic N) is 1. The van der Waals surface area contributed by atoms with E-state index in [2.05, 4.69) is 45.0 Å². The van der Waals surface area contributed by atoms with Gasteiger partial charge in [0.1, 0.15) is 5.37 Å². The molecule has 1 fully saturated rings. The van der Waals surface area contributed by atoms with E-state index >= 15 is 0 Å². The highest BCUT2D eigenvalue weighted by Gasteiger charge is 2.29. The van der Waals surface area contributed by atoms with Crippen molar-refractivity contribution in [1.82, 2.24) is 4.90 Å². The van der Waals surface area contributed by atoms with Gasteiger partial charge in [0.25, 0.3) is 0 Å².